The Bertz CT molecular complexity index is 2110. The molecule has 354 valence electrons. The SMILES string of the molecule is CCCN(CCC)N(CCC)C(=O)COc1cc2c(O)c3c(O)c(C)c4c(c13)C(=O)C(C)(OC=CC(OC)C(C)C(OC(C)=O)C(C)C(O)C(C)C(O)C(C)C=CC=C(C)C(=O)N2)O4. The number of methoxy groups -OCH3 is 1. The third-order valence-corrected chi connectivity index (χ3v) is 12.2. The number of aliphatic hydroxyl groups excluding tert-OH is 2. The largest absolute Gasteiger partial charge is 0.507 e. The number of hydrazine groups is 1. The molecule has 0 radical (unpaired) electrons. The van der Waals surface area contributed by atoms with Gasteiger partial charge in [0.05, 0.1) is 41.2 Å². The van der Waals surface area contributed by atoms with Gasteiger partial charge in [-0.15, -0.1) is 0 Å². The summed E-state index contributed by atoms with van der Waals surface area (Å²) in [5.74, 6) is -8.05. The number of phenols is 2. The number of aliphatic hydroxyl groups is 2. The molecule has 3 aliphatic rings. The molecule has 64 heavy (non-hydrogen) atoms. The Labute approximate surface area is 376 Å². The average Bonchev–Trinajstić information content (AvgIpc) is 3.52. The number of nitrogens with one attached hydrogen (secondary N) is 1. The Morgan fingerprint density at radius 3 is 2.12 bits per heavy atom. The van der Waals surface area contributed by atoms with Crippen LogP contribution in [0.3, 0.4) is 0 Å². The van der Waals surface area contributed by atoms with Crippen LogP contribution in [-0.2, 0) is 28.6 Å². The van der Waals surface area contributed by atoms with Crippen molar-refractivity contribution in [1.29, 1.82) is 0 Å². The first-order valence-corrected chi connectivity index (χ1v) is 22.2. The number of nitrogens with zero attached hydrogens (tertiary/aromatic N) is 2. The summed E-state index contributed by atoms with van der Waals surface area (Å²) in [5.41, 5.74) is -0.00517. The maximum Gasteiger partial charge on any atom is 0.312 e. The summed E-state index contributed by atoms with van der Waals surface area (Å²) in [6, 6.07) is 1.29. The second-order valence-corrected chi connectivity index (χ2v) is 17.2. The van der Waals surface area contributed by atoms with E-state index in [1.54, 1.807) is 44.9 Å². The predicted molar refractivity (Wildman–Crippen MR) is 242 cm³/mol. The van der Waals surface area contributed by atoms with Gasteiger partial charge in [-0.05, 0) is 39.2 Å². The van der Waals surface area contributed by atoms with Gasteiger partial charge in [0.2, 0.25) is 0 Å². The van der Waals surface area contributed by atoms with Gasteiger partial charge in [0.15, 0.2) is 12.4 Å². The molecule has 2 aromatic carbocycles. The van der Waals surface area contributed by atoms with Crippen molar-refractivity contribution in [3.8, 4) is 23.0 Å². The molecule has 0 saturated carbocycles. The first kappa shape index (κ1) is 51.5. The molecule has 0 saturated heterocycles. The molecule has 5 N–H and O–H groups in total. The van der Waals surface area contributed by atoms with Crippen molar-refractivity contribution in [2.24, 2.45) is 23.7 Å². The van der Waals surface area contributed by atoms with Gasteiger partial charge < -0.3 is 49.4 Å². The zero-order chi connectivity index (χ0) is 47.8. The lowest BCUT2D eigenvalue weighted by molar-refractivity contribution is -0.160. The van der Waals surface area contributed by atoms with Crippen molar-refractivity contribution in [3.05, 3.63) is 53.3 Å². The van der Waals surface area contributed by atoms with Gasteiger partial charge in [-0.25, -0.2) is 5.01 Å². The Kier molecular flexibility index (Phi) is 17.8. The summed E-state index contributed by atoms with van der Waals surface area (Å²) >= 11 is 0. The highest BCUT2D eigenvalue weighted by Crippen LogP contribution is 2.54. The van der Waals surface area contributed by atoms with Crippen molar-refractivity contribution < 1.29 is 63.3 Å². The molecule has 16 nitrogen and oxygen atoms in total. The van der Waals surface area contributed by atoms with Crippen molar-refractivity contribution >= 4 is 40.0 Å². The summed E-state index contributed by atoms with van der Waals surface area (Å²) in [6.07, 6.45) is 5.90. The molecule has 3 aliphatic heterocycles. The van der Waals surface area contributed by atoms with E-state index in [9.17, 15) is 39.6 Å². The molecule has 5 bridgehead atoms. The second kappa shape index (κ2) is 22.2. The van der Waals surface area contributed by atoms with Gasteiger partial charge in [-0.2, -0.15) is 0 Å². The summed E-state index contributed by atoms with van der Waals surface area (Å²) < 4.78 is 30.1. The number of allylic oxidation sites excluding steroid dienone is 2. The van der Waals surface area contributed by atoms with Crippen LogP contribution in [0.25, 0.3) is 10.8 Å². The molecule has 2 amide bonds. The molecule has 16 heteroatoms. The maximum atomic E-state index is 14.7. The zero-order valence-corrected chi connectivity index (χ0v) is 39.4. The minimum atomic E-state index is -2.04. The molecule has 3 heterocycles. The van der Waals surface area contributed by atoms with Crippen LogP contribution in [0, 0.1) is 30.6 Å². The lowest BCUT2D eigenvalue weighted by Gasteiger charge is -2.38. The van der Waals surface area contributed by atoms with E-state index in [1.807, 2.05) is 25.8 Å². The lowest BCUT2D eigenvalue weighted by atomic mass is 9.78. The number of hydrogen-bond acceptors (Lipinski definition) is 14. The van der Waals surface area contributed by atoms with Crippen LogP contribution >= 0.6 is 0 Å². The number of rotatable bonds is 12. The number of benzene rings is 2. The van der Waals surface area contributed by atoms with Crippen LogP contribution in [0.2, 0.25) is 0 Å². The van der Waals surface area contributed by atoms with Gasteiger partial charge in [-0.3, -0.25) is 24.2 Å². The smallest absolute Gasteiger partial charge is 0.312 e. The quantitative estimate of drug-likeness (QED) is 0.0852. The normalized spacial score (nSPS) is 26.7. The molecule has 0 fully saturated rings. The molecule has 9 unspecified atom stereocenters. The van der Waals surface area contributed by atoms with Gasteiger partial charge in [0.25, 0.3) is 17.6 Å². The summed E-state index contributed by atoms with van der Waals surface area (Å²) in [4.78, 5) is 54.7. The second-order valence-electron chi connectivity index (χ2n) is 17.2. The maximum absolute atomic E-state index is 14.7. The monoisotopic (exact) mass is 895 g/mol. The zero-order valence-electron chi connectivity index (χ0n) is 39.4. The minimum absolute atomic E-state index is 0.0565. The predicted octanol–water partition coefficient (Wildman–Crippen LogP) is 6.70. The fraction of sp³-hybridized carbons (Fsp3) is 0.583. The first-order chi connectivity index (χ1) is 30.2. The van der Waals surface area contributed by atoms with Crippen LogP contribution in [0.5, 0.6) is 23.0 Å². The molecule has 0 aromatic heterocycles. The van der Waals surface area contributed by atoms with E-state index in [2.05, 4.69) is 5.32 Å². The number of Topliss-reactive ketones (excluding diaryl/α,β-unsaturated/α-hetero) is 1. The van der Waals surface area contributed by atoms with E-state index in [0.29, 0.717) is 26.1 Å². The van der Waals surface area contributed by atoms with E-state index >= 15 is 0 Å². The van der Waals surface area contributed by atoms with Crippen LogP contribution < -0.4 is 14.8 Å². The number of amides is 2. The van der Waals surface area contributed by atoms with E-state index in [4.69, 9.17) is 23.7 Å². The van der Waals surface area contributed by atoms with Gasteiger partial charge >= 0.3 is 11.8 Å². The van der Waals surface area contributed by atoms with Crippen LogP contribution in [0.1, 0.15) is 104 Å². The highest BCUT2D eigenvalue weighted by atomic mass is 16.7. The number of carbonyl (C=O) groups is 4. The number of esters is 1. The van der Waals surface area contributed by atoms with E-state index in [1.165, 1.54) is 59.3 Å². The number of ether oxygens (including phenoxy) is 5. The lowest BCUT2D eigenvalue weighted by Crippen LogP contribution is -2.49. The first-order valence-electron chi connectivity index (χ1n) is 22.2. The average molecular weight is 896 g/mol. The number of ketones is 1. The van der Waals surface area contributed by atoms with Gasteiger partial charge in [-0.1, -0.05) is 66.7 Å². The number of fused-ring (bicyclic) bond motifs is 14. The van der Waals surface area contributed by atoms with Crippen molar-refractivity contribution in [3.63, 3.8) is 0 Å². The standard InChI is InChI=1S/C48H69N3O13/c1-13-20-50(21-14-2)51(22-15-3)36(53)25-61-35-24-33-43(57)38-37(35)39-45(31(9)42(38)56)64-48(11,46(39)58)62-23-19-34(60-12)28(6)44(63-32(10)52)30(8)41(55)29(7)40(54)26(4)17-16-18-27(5)47(59)49-33/h16-19,23-24,26,28-30,34,40-41,44,54-57H,13-15,20-22,25H2,1-12H3,(H,49,59). The number of hydrogen-bond donors (Lipinski definition) is 5. The fourth-order valence-electron chi connectivity index (χ4n) is 8.47. The fourth-order valence-corrected chi connectivity index (χ4v) is 8.47. The molecular formula is C48H69N3O13. The molecule has 0 aliphatic carbocycles. The van der Waals surface area contributed by atoms with E-state index < -0.39 is 89.6 Å². The van der Waals surface area contributed by atoms with E-state index in [-0.39, 0.29) is 50.6 Å². The molecule has 9 atom stereocenters. The Morgan fingerprint density at radius 2 is 1.53 bits per heavy atom. The molecule has 0 spiro atoms. The van der Waals surface area contributed by atoms with Crippen LogP contribution in [0.15, 0.2) is 42.2 Å². The molecular weight excluding hydrogens is 827 g/mol. The number of phenolic OH excluding ortho intramolecular Hbond substituents is 2. The third kappa shape index (κ3) is 11.0. The Balaban J connectivity index is 1.94. The van der Waals surface area contributed by atoms with Crippen molar-refractivity contribution in [2.45, 2.75) is 126 Å². The number of anilines is 1. The van der Waals surface area contributed by atoms with Crippen molar-refractivity contribution in [1.82, 2.24) is 10.0 Å². The number of carbonyl (C=O) groups excluding carboxylic acids is 4. The van der Waals surface area contributed by atoms with E-state index in [0.717, 1.165) is 12.8 Å². The highest BCUT2D eigenvalue weighted by molar-refractivity contribution is 6.21. The summed E-state index contributed by atoms with van der Waals surface area (Å²) in [7, 11) is 1.44. The van der Waals surface area contributed by atoms with Crippen LogP contribution in [0.4, 0.5) is 5.69 Å². The number of aromatic hydroxyl groups is 2. The van der Waals surface area contributed by atoms with Crippen LogP contribution in [-0.4, -0.2) is 118 Å². The van der Waals surface area contributed by atoms with Gasteiger partial charge in [0, 0.05) is 86.9 Å². The summed E-state index contributed by atoms with van der Waals surface area (Å²) in [6.45, 7) is 19.8. The minimum Gasteiger partial charge on any atom is -0.507 e. The topological polar surface area (TPSA) is 214 Å². The Hall–Kier alpha value is -5.16. The Morgan fingerprint density at radius 1 is 0.891 bits per heavy atom. The van der Waals surface area contributed by atoms with Crippen molar-refractivity contribution in [2.75, 3.05) is 38.7 Å². The van der Waals surface area contributed by atoms with Gasteiger partial charge in [0.1, 0.15) is 23.4 Å². The summed E-state index contributed by atoms with van der Waals surface area (Å²) in [5, 5.41) is 52.5. The molecule has 2 aromatic rings. The molecule has 5 rings (SSSR count). The highest BCUT2D eigenvalue weighted by Gasteiger charge is 2.50. The third-order valence-electron chi connectivity index (χ3n) is 12.2.